The minimum Gasteiger partial charge on any atom is -0.379 e. The van der Waals surface area contributed by atoms with Gasteiger partial charge < -0.3 is 14.2 Å². The highest BCUT2D eigenvalue weighted by molar-refractivity contribution is 8.13. The number of aryl methyl sites for hydroxylation is 1. The number of likely N-dealkylation sites (N-methyl/N-ethyl adjacent to an activating group) is 1. The van der Waals surface area contributed by atoms with Crippen LogP contribution in [0.5, 0.6) is 0 Å². The average Bonchev–Trinajstić information content (AvgIpc) is 3.13. The molecule has 0 radical (unpaired) electrons. The Morgan fingerprint density at radius 1 is 1.52 bits per heavy atom. The van der Waals surface area contributed by atoms with Gasteiger partial charge in [0.05, 0.1) is 6.61 Å². The van der Waals surface area contributed by atoms with E-state index in [1.54, 1.807) is 14.1 Å². The van der Waals surface area contributed by atoms with Gasteiger partial charge in [-0.1, -0.05) is 0 Å². The standard InChI is InChI=1S/C13H19ClN2O4S/c1-15(5-6-20-9-10-3-4-10)13(17)12-7-11(8-16(12)2)21(14,18)19/h7-8,10H,3-6,9H2,1-2H3. The van der Waals surface area contributed by atoms with E-state index in [-0.39, 0.29) is 16.5 Å². The topological polar surface area (TPSA) is 68.6 Å². The first-order chi connectivity index (χ1) is 9.79. The van der Waals surface area contributed by atoms with E-state index in [1.807, 2.05) is 0 Å². The summed E-state index contributed by atoms with van der Waals surface area (Å²) in [6.07, 6.45) is 3.79. The molecule has 0 N–H and O–H groups in total. The van der Waals surface area contributed by atoms with Gasteiger partial charge in [-0.2, -0.15) is 0 Å². The van der Waals surface area contributed by atoms with Crippen LogP contribution in [0.4, 0.5) is 0 Å². The fourth-order valence-corrected chi connectivity index (χ4v) is 2.70. The maximum Gasteiger partial charge on any atom is 0.270 e. The molecular formula is C13H19ClN2O4S. The van der Waals surface area contributed by atoms with Gasteiger partial charge in [-0.25, -0.2) is 8.42 Å². The largest absolute Gasteiger partial charge is 0.379 e. The Hall–Kier alpha value is -1.05. The minimum absolute atomic E-state index is 0.0756. The van der Waals surface area contributed by atoms with Crippen molar-refractivity contribution in [2.75, 3.05) is 26.8 Å². The van der Waals surface area contributed by atoms with Crippen LogP contribution in [0.3, 0.4) is 0 Å². The first kappa shape index (κ1) is 16.3. The van der Waals surface area contributed by atoms with E-state index in [1.165, 1.54) is 34.6 Å². The van der Waals surface area contributed by atoms with Crippen molar-refractivity contribution in [3.05, 3.63) is 18.0 Å². The van der Waals surface area contributed by atoms with Crippen molar-refractivity contribution in [1.29, 1.82) is 0 Å². The van der Waals surface area contributed by atoms with E-state index in [0.29, 0.717) is 19.1 Å². The summed E-state index contributed by atoms with van der Waals surface area (Å²) >= 11 is 0. The zero-order valence-electron chi connectivity index (χ0n) is 12.1. The summed E-state index contributed by atoms with van der Waals surface area (Å²) in [4.78, 5) is 13.7. The molecule has 0 bridgehead atoms. The van der Waals surface area contributed by atoms with Gasteiger partial charge in [0.1, 0.15) is 10.6 Å². The molecule has 1 aliphatic rings. The second-order valence-electron chi connectivity index (χ2n) is 5.35. The van der Waals surface area contributed by atoms with Crippen molar-refractivity contribution in [3.8, 4) is 0 Å². The number of carbonyl (C=O) groups excluding carboxylic acids is 1. The predicted octanol–water partition coefficient (Wildman–Crippen LogP) is 1.45. The highest BCUT2D eigenvalue weighted by atomic mass is 35.7. The Labute approximate surface area is 129 Å². The van der Waals surface area contributed by atoms with Crippen LogP contribution in [-0.4, -0.2) is 50.6 Å². The van der Waals surface area contributed by atoms with E-state index >= 15 is 0 Å². The maximum atomic E-state index is 12.3. The van der Waals surface area contributed by atoms with Crippen molar-refractivity contribution < 1.29 is 17.9 Å². The summed E-state index contributed by atoms with van der Waals surface area (Å²) < 4.78 is 29.5. The molecule has 0 atom stereocenters. The molecule has 0 saturated heterocycles. The molecule has 6 nitrogen and oxygen atoms in total. The number of nitrogens with zero attached hydrogens (tertiary/aromatic N) is 2. The van der Waals surface area contributed by atoms with E-state index < -0.39 is 9.05 Å². The van der Waals surface area contributed by atoms with E-state index in [0.717, 1.165) is 6.61 Å². The third-order valence-corrected chi connectivity index (χ3v) is 4.77. The fourth-order valence-electron chi connectivity index (χ4n) is 1.91. The molecule has 2 rings (SSSR count). The third-order valence-electron chi connectivity index (χ3n) is 3.45. The quantitative estimate of drug-likeness (QED) is 0.559. The Bertz CT molecular complexity index is 622. The van der Waals surface area contributed by atoms with E-state index in [4.69, 9.17) is 15.4 Å². The van der Waals surface area contributed by atoms with Crippen LogP contribution >= 0.6 is 10.7 Å². The first-order valence-electron chi connectivity index (χ1n) is 6.73. The van der Waals surface area contributed by atoms with E-state index in [9.17, 15) is 13.2 Å². The Morgan fingerprint density at radius 3 is 2.71 bits per heavy atom. The van der Waals surface area contributed by atoms with Gasteiger partial charge in [0.15, 0.2) is 0 Å². The molecule has 8 heteroatoms. The van der Waals surface area contributed by atoms with Crippen molar-refractivity contribution in [1.82, 2.24) is 9.47 Å². The molecule has 1 saturated carbocycles. The lowest BCUT2D eigenvalue weighted by Crippen LogP contribution is -2.31. The van der Waals surface area contributed by atoms with Gasteiger partial charge in [-0.15, -0.1) is 0 Å². The van der Waals surface area contributed by atoms with Crippen LogP contribution in [0.1, 0.15) is 23.3 Å². The molecule has 118 valence electrons. The molecular weight excluding hydrogens is 316 g/mol. The number of ether oxygens (including phenoxy) is 1. The number of rotatable bonds is 7. The SMILES string of the molecule is CN(CCOCC1CC1)C(=O)c1cc(S(=O)(=O)Cl)cn1C. The summed E-state index contributed by atoms with van der Waals surface area (Å²) in [5, 5.41) is 0. The van der Waals surface area contributed by atoms with Crippen molar-refractivity contribution >= 4 is 25.6 Å². The van der Waals surface area contributed by atoms with Crippen molar-refractivity contribution in [2.45, 2.75) is 17.7 Å². The highest BCUT2D eigenvalue weighted by Gasteiger charge is 2.22. The van der Waals surface area contributed by atoms with Crippen LogP contribution in [0, 0.1) is 5.92 Å². The third kappa shape index (κ3) is 4.46. The zero-order chi connectivity index (χ0) is 15.6. The van der Waals surface area contributed by atoms with Gasteiger partial charge >= 0.3 is 0 Å². The number of halogens is 1. The normalized spacial score (nSPS) is 15.2. The summed E-state index contributed by atoms with van der Waals surface area (Å²) in [5.74, 6) is 0.425. The number of hydrogen-bond donors (Lipinski definition) is 0. The van der Waals surface area contributed by atoms with Gasteiger partial charge in [0.25, 0.3) is 15.0 Å². The van der Waals surface area contributed by atoms with E-state index in [2.05, 4.69) is 0 Å². The Kier molecular flexibility index (Phi) is 4.95. The number of aromatic nitrogens is 1. The van der Waals surface area contributed by atoms with Gasteiger partial charge in [0.2, 0.25) is 0 Å². The molecule has 1 heterocycles. The first-order valence-corrected chi connectivity index (χ1v) is 9.04. The zero-order valence-corrected chi connectivity index (χ0v) is 13.7. The van der Waals surface area contributed by atoms with Crippen LogP contribution in [0.25, 0.3) is 0 Å². The van der Waals surface area contributed by atoms with Crippen LogP contribution in [0.2, 0.25) is 0 Å². The molecule has 0 spiro atoms. The second kappa shape index (κ2) is 6.37. The lowest BCUT2D eigenvalue weighted by Gasteiger charge is -2.17. The number of carbonyl (C=O) groups is 1. The molecule has 1 fully saturated rings. The minimum atomic E-state index is -3.83. The van der Waals surface area contributed by atoms with Gasteiger partial charge in [-0.05, 0) is 24.8 Å². The summed E-state index contributed by atoms with van der Waals surface area (Å²) in [7, 11) is 4.71. The monoisotopic (exact) mass is 334 g/mol. The van der Waals surface area contributed by atoms with Crippen molar-refractivity contribution in [2.24, 2.45) is 13.0 Å². The molecule has 0 aromatic carbocycles. The number of amides is 1. The van der Waals surface area contributed by atoms with Gasteiger partial charge in [0, 0.05) is 44.1 Å². The molecule has 0 aliphatic heterocycles. The van der Waals surface area contributed by atoms with Gasteiger partial charge in [-0.3, -0.25) is 4.79 Å². The lowest BCUT2D eigenvalue weighted by atomic mass is 10.3. The molecule has 21 heavy (non-hydrogen) atoms. The number of hydrogen-bond acceptors (Lipinski definition) is 4. The summed E-state index contributed by atoms with van der Waals surface area (Å²) in [6, 6.07) is 1.28. The molecule has 1 aliphatic carbocycles. The van der Waals surface area contributed by atoms with Crippen molar-refractivity contribution in [3.63, 3.8) is 0 Å². The van der Waals surface area contributed by atoms with Crippen LogP contribution < -0.4 is 0 Å². The molecule has 0 unspecified atom stereocenters. The second-order valence-corrected chi connectivity index (χ2v) is 7.92. The molecule has 1 aromatic rings. The maximum absolute atomic E-state index is 12.3. The van der Waals surface area contributed by atoms with Crippen LogP contribution in [0.15, 0.2) is 17.2 Å². The average molecular weight is 335 g/mol. The predicted molar refractivity (Wildman–Crippen MR) is 79.0 cm³/mol. The lowest BCUT2D eigenvalue weighted by molar-refractivity contribution is 0.0673. The highest BCUT2D eigenvalue weighted by Crippen LogP contribution is 2.28. The molecule has 1 aromatic heterocycles. The summed E-state index contributed by atoms with van der Waals surface area (Å²) in [6.45, 7) is 1.68. The Morgan fingerprint density at radius 2 is 2.19 bits per heavy atom. The summed E-state index contributed by atoms with van der Waals surface area (Å²) in [5.41, 5.74) is 0.277. The molecule has 1 amide bonds. The smallest absolute Gasteiger partial charge is 0.270 e. The van der Waals surface area contributed by atoms with Crippen LogP contribution in [-0.2, 0) is 20.8 Å². The Balaban J connectivity index is 1.93. The fraction of sp³-hybridized carbons (Fsp3) is 0.615.